The Kier molecular flexibility index (Phi) is 5.87. The van der Waals surface area contributed by atoms with Gasteiger partial charge in [0.25, 0.3) is 0 Å². The van der Waals surface area contributed by atoms with Gasteiger partial charge in [0.2, 0.25) is 0 Å². The average Bonchev–Trinajstić information content (AvgIpc) is 2.34. The lowest BCUT2D eigenvalue weighted by atomic mass is 9.88. The number of hydrogen-bond donors (Lipinski definition) is 1. The van der Waals surface area contributed by atoms with Gasteiger partial charge in [0.05, 0.1) is 0 Å². The van der Waals surface area contributed by atoms with Crippen LogP contribution < -0.4 is 5.32 Å². The maximum atomic E-state index is 3.65. The van der Waals surface area contributed by atoms with Crippen molar-refractivity contribution in [3.63, 3.8) is 0 Å². The highest BCUT2D eigenvalue weighted by Gasteiger charge is 2.17. The van der Waals surface area contributed by atoms with Crippen LogP contribution in [0.4, 0.5) is 0 Å². The van der Waals surface area contributed by atoms with Gasteiger partial charge in [-0.25, -0.2) is 0 Å². The van der Waals surface area contributed by atoms with E-state index in [1.54, 1.807) is 0 Å². The molecule has 1 aromatic carbocycles. The van der Waals surface area contributed by atoms with Crippen LogP contribution in [0.15, 0.2) is 30.3 Å². The van der Waals surface area contributed by atoms with Crippen molar-refractivity contribution in [1.82, 2.24) is 5.32 Å². The first-order chi connectivity index (χ1) is 8.42. The molecule has 1 aromatic rings. The van der Waals surface area contributed by atoms with Gasteiger partial charge in [0, 0.05) is 12.1 Å². The van der Waals surface area contributed by atoms with Crippen LogP contribution in [0.25, 0.3) is 0 Å². The maximum Gasteiger partial charge on any atom is 0.00967 e. The molecular formula is C17H29N. The van der Waals surface area contributed by atoms with Crippen LogP contribution in [0, 0.1) is 5.92 Å². The molecule has 1 rings (SSSR count). The summed E-state index contributed by atoms with van der Waals surface area (Å²) in [6.07, 6.45) is 2.53. The van der Waals surface area contributed by atoms with Gasteiger partial charge in [-0.15, -0.1) is 0 Å². The first-order valence-corrected chi connectivity index (χ1v) is 7.22. The van der Waals surface area contributed by atoms with Gasteiger partial charge in [-0.3, -0.25) is 0 Å². The highest BCUT2D eigenvalue weighted by Crippen LogP contribution is 2.25. The Morgan fingerprint density at radius 2 is 1.72 bits per heavy atom. The summed E-state index contributed by atoms with van der Waals surface area (Å²) in [5.41, 5.74) is 1.66. The lowest BCUT2D eigenvalue weighted by Gasteiger charge is -2.27. The third-order valence-electron chi connectivity index (χ3n) is 3.53. The quantitative estimate of drug-likeness (QED) is 0.775. The van der Waals surface area contributed by atoms with E-state index in [9.17, 15) is 0 Å². The Balaban J connectivity index is 2.69. The molecule has 0 aliphatic heterocycles. The lowest BCUT2D eigenvalue weighted by molar-refractivity contribution is 0.372. The maximum absolute atomic E-state index is 3.65. The van der Waals surface area contributed by atoms with Gasteiger partial charge >= 0.3 is 0 Å². The number of hydrogen-bond acceptors (Lipinski definition) is 1. The summed E-state index contributed by atoms with van der Waals surface area (Å²) in [7, 11) is 0. The highest BCUT2D eigenvalue weighted by molar-refractivity contribution is 5.20. The smallest absolute Gasteiger partial charge is 0.00967 e. The summed E-state index contributed by atoms with van der Waals surface area (Å²) < 4.78 is 0. The van der Waals surface area contributed by atoms with Crippen molar-refractivity contribution in [3.05, 3.63) is 35.9 Å². The molecule has 0 fully saturated rings. The number of benzene rings is 1. The molecule has 0 aromatic heterocycles. The zero-order chi connectivity index (χ0) is 13.6. The van der Waals surface area contributed by atoms with E-state index in [-0.39, 0.29) is 5.54 Å². The van der Waals surface area contributed by atoms with Gasteiger partial charge in [-0.2, -0.15) is 0 Å². The fourth-order valence-electron chi connectivity index (χ4n) is 2.14. The number of nitrogens with one attached hydrogen (secondary N) is 1. The average molecular weight is 247 g/mol. The molecule has 0 spiro atoms. The SMILES string of the molecule is CCC(C)CC(CNC(C)(C)C)c1ccccc1. The molecule has 2 unspecified atom stereocenters. The Morgan fingerprint density at radius 1 is 1.11 bits per heavy atom. The van der Waals surface area contributed by atoms with Crippen LogP contribution >= 0.6 is 0 Å². The van der Waals surface area contributed by atoms with E-state index in [2.05, 4.69) is 70.3 Å². The Morgan fingerprint density at radius 3 is 2.22 bits per heavy atom. The Bertz CT molecular complexity index is 323. The molecule has 0 bridgehead atoms. The molecule has 0 aliphatic carbocycles. The fraction of sp³-hybridized carbons (Fsp3) is 0.647. The van der Waals surface area contributed by atoms with E-state index in [0.29, 0.717) is 5.92 Å². The molecule has 18 heavy (non-hydrogen) atoms. The first-order valence-electron chi connectivity index (χ1n) is 7.22. The summed E-state index contributed by atoms with van der Waals surface area (Å²) >= 11 is 0. The summed E-state index contributed by atoms with van der Waals surface area (Å²) in [5, 5.41) is 3.65. The third kappa shape index (κ3) is 5.68. The van der Waals surface area contributed by atoms with Gasteiger partial charge in [0.1, 0.15) is 0 Å². The summed E-state index contributed by atoms with van der Waals surface area (Å²) in [6.45, 7) is 12.4. The summed E-state index contributed by atoms with van der Waals surface area (Å²) in [6, 6.07) is 10.9. The van der Waals surface area contributed by atoms with E-state index in [1.165, 1.54) is 18.4 Å². The van der Waals surface area contributed by atoms with Crippen molar-refractivity contribution in [2.45, 2.75) is 58.9 Å². The predicted octanol–water partition coefficient (Wildman–Crippen LogP) is 4.59. The van der Waals surface area contributed by atoms with Crippen LogP contribution in [-0.4, -0.2) is 12.1 Å². The molecule has 1 heteroatoms. The zero-order valence-corrected chi connectivity index (χ0v) is 12.7. The second kappa shape index (κ2) is 6.94. The zero-order valence-electron chi connectivity index (χ0n) is 12.7. The molecule has 0 heterocycles. The van der Waals surface area contributed by atoms with Crippen molar-refractivity contribution in [2.24, 2.45) is 5.92 Å². The second-order valence-electron chi connectivity index (χ2n) is 6.49. The topological polar surface area (TPSA) is 12.0 Å². The molecule has 0 amide bonds. The Labute approximate surface area is 113 Å². The normalized spacial score (nSPS) is 15.4. The minimum absolute atomic E-state index is 0.197. The molecule has 102 valence electrons. The summed E-state index contributed by atoms with van der Waals surface area (Å²) in [5.74, 6) is 1.41. The van der Waals surface area contributed by atoms with Gasteiger partial charge in [0.15, 0.2) is 0 Å². The second-order valence-corrected chi connectivity index (χ2v) is 6.49. The molecule has 0 aliphatic rings. The minimum Gasteiger partial charge on any atom is -0.311 e. The van der Waals surface area contributed by atoms with Crippen LogP contribution in [0.3, 0.4) is 0 Å². The molecule has 1 nitrogen and oxygen atoms in total. The molecule has 0 saturated carbocycles. The van der Waals surface area contributed by atoms with Crippen molar-refractivity contribution >= 4 is 0 Å². The van der Waals surface area contributed by atoms with Crippen molar-refractivity contribution < 1.29 is 0 Å². The highest BCUT2D eigenvalue weighted by atomic mass is 14.9. The van der Waals surface area contributed by atoms with Gasteiger partial charge in [-0.05, 0) is 44.6 Å². The standard InChI is InChI=1S/C17H29N/c1-6-14(2)12-16(13-18-17(3,4)5)15-10-8-7-9-11-15/h7-11,14,16,18H,6,12-13H2,1-5H3. The lowest BCUT2D eigenvalue weighted by Crippen LogP contribution is -2.38. The fourth-order valence-corrected chi connectivity index (χ4v) is 2.14. The van der Waals surface area contributed by atoms with E-state index in [4.69, 9.17) is 0 Å². The van der Waals surface area contributed by atoms with E-state index < -0.39 is 0 Å². The van der Waals surface area contributed by atoms with Crippen molar-refractivity contribution in [1.29, 1.82) is 0 Å². The van der Waals surface area contributed by atoms with E-state index in [0.717, 1.165) is 12.5 Å². The first kappa shape index (κ1) is 15.2. The van der Waals surface area contributed by atoms with E-state index in [1.807, 2.05) is 0 Å². The van der Waals surface area contributed by atoms with Gasteiger partial charge < -0.3 is 5.32 Å². The van der Waals surface area contributed by atoms with Crippen LogP contribution in [-0.2, 0) is 0 Å². The molecular weight excluding hydrogens is 218 g/mol. The van der Waals surface area contributed by atoms with E-state index >= 15 is 0 Å². The van der Waals surface area contributed by atoms with Crippen LogP contribution in [0.1, 0.15) is 58.9 Å². The van der Waals surface area contributed by atoms with Crippen molar-refractivity contribution in [2.75, 3.05) is 6.54 Å². The minimum atomic E-state index is 0.197. The molecule has 0 saturated heterocycles. The Hall–Kier alpha value is -0.820. The molecule has 0 radical (unpaired) electrons. The summed E-state index contributed by atoms with van der Waals surface area (Å²) in [4.78, 5) is 0. The number of rotatable bonds is 6. The predicted molar refractivity (Wildman–Crippen MR) is 81.0 cm³/mol. The largest absolute Gasteiger partial charge is 0.311 e. The monoisotopic (exact) mass is 247 g/mol. The van der Waals surface area contributed by atoms with Crippen LogP contribution in [0.2, 0.25) is 0 Å². The van der Waals surface area contributed by atoms with Gasteiger partial charge in [-0.1, -0.05) is 50.6 Å². The third-order valence-corrected chi connectivity index (χ3v) is 3.53. The van der Waals surface area contributed by atoms with Crippen LogP contribution in [0.5, 0.6) is 0 Å². The molecule has 1 N–H and O–H groups in total. The molecule has 2 atom stereocenters. The van der Waals surface area contributed by atoms with Crippen molar-refractivity contribution in [3.8, 4) is 0 Å².